The van der Waals surface area contributed by atoms with Crippen molar-refractivity contribution in [1.82, 2.24) is 40.7 Å². The number of ether oxygens (including phenoxy) is 2. The summed E-state index contributed by atoms with van der Waals surface area (Å²) in [7, 11) is 0. The maximum atomic E-state index is 14.6. The van der Waals surface area contributed by atoms with E-state index in [2.05, 4.69) is 31.1 Å². The van der Waals surface area contributed by atoms with E-state index in [-0.39, 0.29) is 43.8 Å². The van der Waals surface area contributed by atoms with Gasteiger partial charge in [-0.3, -0.25) is 19.4 Å². The minimum absolute atomic E-state index is 0.0537. The third-order valence-electron chi connectivity index (χ3n) is 7.15. The van der Waals surface area contributed by atoms with Crippen LogP contribution in [0.4, 0.5) is 4.39 Å². The summed E-state index contributed by atoms with van der Waals surface area (Å²) in [5.74, 6) is -0.882. The first-order valence-corrected chi connectivity index (χ1v) is 13.6. The first kappa shape index (κ1) is 27.8. The van der Waals surface area contributed by atoms with E-state index in [1.807, 2.05) is 6.07 Å². The first-order chi connectivity index (χ1) is 20.9. The maximum Gasteiger partial charge on any atom is 0.258 e. The van der Waals surface area contributed by atoms with Gasteiger partial charge >= 0.3 is 0 Å². The number of carbonyl (C=O) groups excluding carboxylic acids is 3. The number of nitrogens with zero attached hydrogens (tertiary/aromatic N) is 6. The Morgan fingerprint density at radius 3 is 2.79 bits per heavy atom. The number of piperidine rings is 1. The Kier molecular flexibility index (Phi) is 7.89. The number of aromatic nitrogens is 5. The van der Waals surface area contributed by atoms with Crippen LogP contribution >= 0.6 is 0 Å². The Morgan fingerprint density at radius 2 is 1.93 bits per heavy atom. The minimum atomic E-state index is -0.645. The van der Waals surface area contributed by atoms with Gasteiger partial charge < -0.3 is 25.0 Å². The van der Waals surface area contributed by atoms with Gasteiger partial charge in [0.2, 0.25) is 5.91 Å². The average Bonchev–Trinajstić information content (AvgIpc) is 3.52. The average molecular weight is 587 g/mol. The maximum absolute atomic E-state index is 14.6. The van der Waals surface area contributed by atoms with E-state index in [4.69, 9.17) is 9.47 Å². The Balaban J connectivity index is 1.32. The van der Waals surface area contributed by atoms with Crippen LogP contribution in [0.3, 0.4) is 0 Å². The summed E-state index contributed by atoms with van der Waals surface area (Å²) in [4.78, 5) is 44.9. The van der Waals surface area contributed by atoms with Crippen molar-refractivity contribution in [2.24, 2.45) is 0 Å². The molecule has 2 aromatic heterocycles. The molecule has 2 aliphatic rings. The number of hydrogen-bond acceptors (Lipinski definition) is 9. The highest BCUT2D eigenvalue weighted by molar-refractivity contribution is 5.95. The summed E-state index contributed by atoms with van der Waals surface area (Å²) < 4.78 is 27.8. The molecule has 0 unspecified atom stereocenters. The molecule has 2 aliphatic heterocycles. The first-order valence-electron chi connectivity index (χ1n) is 13.6. The van der Waals surface area contributed by atoms with Crippen molar-refractivity contribution in [3.63, 3.8) is 0 Å². The van der Waals surface area contributed by atoms with Gasteiger partial charge in [0.05, 0.1) is 11.6 Å². The van der Waals surface area contributed by atoms with E-state index in [0.717, 1.165) is 5.56 Å². The summed E-state index contributed by atoms with van der Waals surface area (Å²) >= 11 is 0. The normalized spacial score (nSPS) is 18.9. The molecule has 6 bridgehead atoms. The lowest BCUT2D eigenvalue weighted by Gasteiger charge is -2.38. The molecular formula is C29H27FN8O5. The van der Waals surface area contributed by atoms with E-state index in [9.17, 15) is 18.8 Å². The van der Waals surface area contributed by atoms with Crippen LogP contribution in [0.2, 0.25) is 0 Å². The molecule has 2 atom stereocenters. The van der Waals surface area contributed by atoms with Gasteiger partial charge in [-0.25, -0.2) is 9.07 Å². The second-order valence-electron chi connectivity index (χ2n) is 10.2. The van der Waals surface area contributed by atoms with E-state index in [0.29, 0.717) is 35.4 Å². The second-order valence-corrected chi connectivity index (χ2v) is 10.2. The standard InChI is InChI=1S/C29H27FN8O5/c30-22-6-18-7-24(10-22)43-26-4-5-37(28(40)15-38-17-33-35-36-38)14-25(26)34-29(41)21-8-20(12-31-13-21)19-2-1-3-23(9-19)42-16-27(39)32-11-18/h1-3,6-10,12-13,17,25-26H,4-5,11,14-16H2,(H,32,39)(H,34,41)/t25-,26+/m1/s1. The number of rotatable bonds is 2. The Labute approximate surface area is 245 Å². The lowest BCUT2D eigenvalue weighted by molar-refractivity contribution is -0.134. The fraction of sp³-hybridized carbons (Fsp3) is 0.276. The van der Waals surface area contributed by atoms with Crippen molar-refractivity contribution in [3.8, 4) is 22.6 Å². The van der Waals surface area contributed by atoms with Crippen LogP contribution < -0.4 is 20.1 Å². The molecule has 1 fully saturated rings. The van der Waals surface area contributed by atoms with Crippen molar-refractivity contribution < 1.29 is 28.2 Å². The summed E-state index contributed by atoms with van der Waals surface area (Å²) in [5.41, 5.74) is 2.19. The molecular weight excluding hydrogens is 559 g/mol. The van der Waals surface area contributed by atoms with E-state index < -0.39 is 23.9 Å². The van der Waals surface area contributed by atoms with E-state index >= 15 is 0 Å². The lowest BCUT2D eigenvalue weighted by atomic mass is 10.0. The molecule has 2 aromatic carbocycles. The molecule has 220 valence electrons. The van der Waals surface area contributed by atoms with Gasteiger partial charge in [-0.2, -0.15) is 0 Å². The van der Waals surface area contributed by atoms with Crippen molar-refractivity contribution >= 4 is 17.7 Å². The minimum Gasteiger partial charge on any atom is -0.488 e. The SMILES string of the molecule is O=C1COc2cccc(c2)-c2cncc(c2)C(=O)N[C@@H]2CN(C(=O)Cn3cnnn3)CC[C@@H]2Oc2cc(F)cc(c2)CN1. The molecule has 4 heterocycles. The highest BCUT2D eigenvalue weighted by atomic mass is 19.1. The molecule has 6 rings (SSSR count). The number of likely N-dealkylation sites (tertiary alicyclic amines) is 1. The van der Waals surface area contributed by atoms with Crippen molar-refractivity contribution in [2.75, 3.05) is 19.7 Å². The summed E-state index contributed by atoms with van der Waals surface area (Å²) in [6, 6.07) is 12.3. The smallest absolute Gasteiger partial charge is 0.258 e. The van der Waals surface area contributed by atoms with Crippen LogP contribution in [0.5, 0.6) is 11.5 Å². The van der Waals surface area contributed by atoms with Gasteiger partial charge in [0.25, 0.3) is 11.8 Å². The van der Waals surface area contributed by atoms with Crippen LogP contribution in [0.1, 0.15) is 22.3 Å². The van der Waals surface area contributed by atoms with Crippen molar-refractivity contribution in [3.05, 3.63) is 84.2 Å². The number of amides is 3. The number of tetrazole rings is 1. The number of hydrogen-bond donors (Lipinski definition) is 2. The van der Waals surface area contributed by atoms with Gasteiger partial charge in [-0.05, 0) is 51.9 Å². The lowest BCUT2D eigenvalue weighted by Crippen LogP contribution is -2.58. The fourth-order valence-corrected chi connectivity index (χ4v) is 5.03. The monoisotopic (exact) mass is 586 g/mol. The zero-order valence-electron chi connectivity index (χ0n) is 22.9. The molecule has 1 saturated heterocycles. The second kappa shape index (κ2) is 12.2. The summed E-state index contributed by atoms with van der Waals surface area (Å²) in [5, 5.41) is 16.6. The van der Waals surface area contributed by atoms with Crippen LogP contribution in [0.25, 0.3) is 11.1 Å². The Morgan fingerprint density at radius 1 is 1.05 bits per heavy atom. The number of carbonyl (C=O) groups is 3. The summed E-state index contributed by atoms with van der Waals surface area (Å²) in [6.45, 7) is 0.228. The van der Waals surface area contributed by atoms with Crippen LogP contribution in [0, 0.1) is 5.82 Å². The van der Waals surface area contributed by atoms with Crippen molar-refractivity contribution in [1.29, 1.82) is 0 Å². The molecule has 0 spiro atoms. The molecule has 2 N–H and O–H groups in total. The number of nitrogens with one attached hydrogen (secondary N) is 2. The molecule has 3 amide bonds. The summed E-state index contributed by atoms with van der Waals surface area (Å²) in [6.07, 6.45) is 4.19. The van der Waals surface area contributed by atoms with E-state index in [1.165, 1.54) is 29.3 Å². The third-order valence-corrected chi connectivity index (χ3v) is 7.15. The van der Waals surface area contributed by atoms with Crippen LogP contribution in [-0.2, 0) is 22.7 Å². The highest BCUT2D eigenvalue weighted by Crippen LogP contribution is 2.26. The fourth-order valence-electron chi connectivity index (χ4n) is 5.03. The molecule has 0 radical (unpaired) electrons. The van der Waals surface area contributed by atoms with Gasteiger partial charge in [0.1, 0.15) is 36.3 Å². The third kappa shape index (κ3) is 6.74. The molecule has 43 heavy (non-hydrogen) atoms. The van der Waals surface area contributed by atoms with E-state index in [1.54, 1.807) is 41.4 Å². The van der Waals surface area contributed by atoms with Crippen LogP contribution in [-0.4, -0.2) is 79.7 Å². The van der Waals surface area contributed by atoms with Gasteiger partial charge in [0.15, 0.2) is 6.61 Å². The highest BCUT2D eigenvalue weighted by Gasteiger charge is 2.34. The zero-order valence-corrected chi connectivity index (χ0v) is 22.9. The Bertz CT molecular complexity index is 1650. The molecule has 13 nitrogen and oxygen atoms in total. The van der Waals surface area contributed by atoms with Gasteiger partial charge in [0, 0.05) is 50.1 Å². The molecule has 4 aromatic rings. The largest absolute Gasteiger partial charge is 0.488 e. The van der Waals surface area contributed by atoms with Gasteiger partial charge in [-0.15, -0.1) is 5.10 Å². The topological polar surface area (TPSA) is 153 Å². The van der Waals surface area contributed by atoms with Crippen molar-refractivity contribution in [2.45, 2.75) is 31.7 Å². The molecule has 14 heteroatoms. The quantitative estimate of drug-likeness (QED) is 0.355. The number of pyridine rings is 1. The molecule has 0 saturated carbocycles. The predicted molar refractivity (Wildman–Crippen MR) is 148 cm³/mol. The molecule has 0 aliphatic carbocycles. The number of halogens is 1. The Hall–Kier alpha value is -5.40. The number of benzene rings is 2. The van der Waals surface area contributed by atoms with Crippen LogP contribution in [0.15, 0.2) is 67.3 Å². The van der Waals surface area contributed by atoms with Gasteiger partial charge in [-0.1, -0.05) is 12.1 Å². The number of fused-ring (bicyclic) bond motifs is 8. The zero-order chi connectivity index (χ0) is 29.8. The predicted octanol–water partition coefficient (Wildman–Crippen LogP) is 1.36.